The van der Waals surface area contributed by atoms with Crippen LogP contribution in [-0.2, 0) is 14.3 Å². The van der Waals surface area contributed by atoms with E-state index >= 15 is 0 Å². The van der Waals surface area contributed by atoms with Crippen molar-refractivity contribution in [1.29, 1.82) is 0 Å². The molecule has 0 aliphatic carbocycles. The zero-order valence-corrected chi connectivity index (χ0v) is 15.2. The Labute approximate surface area is 145 Å². The third kappa shape index (κ3) is 4.68. The highest BCUT2D eigenvalue weighted by atomic mass is 16.5. The molecule has 2 amide bonds. The maximum absolute atomic E-state index is 12.8. The molecule has 2 fully saturated rings. The second kappa shape index (κ2) is 8.78. The highest BCUT2D eigenvalue weighted by Gasteiger charge is 2.34. The molecule has 0 aromatic heterocycles. The smallest absolute Gasteiger partial charge is 0.239 e. The predicted molar refractivity (Wildman–Crippen MR) is 92.4 cm³/mol. The fraction of sp³-hybridized carbons (Fsp3) is 0.882. The van der Waals surface area contributed by atoms with Crippen molar-refractivity contribution in [3.05, 3.63) is 0 Å². The van der Waals surface area contributed by atoms with Crippen LogP contribution in [0.5, 0.6) is 0 Å². The predicted octanol–water partition coefficient (Wildman–Crippen LogP) is -0.249. The first-order chi connectivity index (χ1) is 11.4. The molecule has 2 heterocycles. The molecule has 0 aromatic carbocycles. The van der Waals surface area contributed by atoms with Crippen molar-refractivity contribution in [2.75, 3.05) is 53.0 Å². The van der Waals surface area contributed by atoms with Gasteiger partial charge in [0.25, 0.3) is 0 Å². The van der Waals surface area contributed by atoms with Crippen LogP contribution < -0.4 is 5.73 Å². The monoisotopic (exact) mass is 340 g/mol. The number of rotatable bonds is 6. The molecule has 138 valence electrons. The number of nitrogens with zero attached hydrogens (tertiary/aromatic N) is 3. The van der Waals surface area contributed by atoms with Crippen molar-refractivity contribution >= 4 is 11.8 Å². The van der Waals surface area contributed by atoms with Crippen LogP contribution in [0, 0.1) is 5.92 Å². The van der Waals surface area contributed by atoms with Gasteiger partial charge in [0.15, 0.2) is 0 Å². The van der Waals surface area contributed by atoms with Crippen molar-refractivity contribution in [2.24, 2.45) is 11.7 Å². The van der Waals surface area contributed by atoms with E-state index in [1.165, 1.54) is 0 Å². The summed E-state index contributed by atoms with van der Waals surface area (Å²) in [7, 11) is 1.72. The minimum Gasteiger partial charge on any atom is -0.383 e. The average Bonchev–Trinajstić information content (AvgIpc) is 2.59. The summed E-state index contributed by atoms with van der Waals surface area (Å²) in [5, 5.41) is 0. The van der Waals surface area contributed by atoms with Crippen molar-refractivity contribution in [3.63, 3.8) is 0 Å². The quantitative estimate of drug-likeness (QED) is 0.721. The number of amides is 2. The molecule has 7 heteroatoms. The van der Waals surface area contributed by atoms with Crippen molar-refractivity contribution in [2.45, 2.75) is 38.8 Å². The molecule has 7 nitrogen and oxygen atoms in total. The number of piperidine rings is 1. The number of methoxy groups -OCH3 is 1. The lowest BCUT2D eigenvalue weighted by Crippen LogP contribution is -2.59. The molecular formula is C17H32N4O3. The van der Waals surface area contributed by atoms with Crippen molar-refractivity contribution in [1.82, 2.24) is 14.7 Å². The normalized spacial score (nSPS) is 27.9. The van der Waals surface area contributed by atoms with E-state index in [2.05, 4.69) is 16.7 Å². The lowest BCUT2D eigenvalue weighted by Gasteiger charge is -2.43. The number of piperazine rings is 1. The van der Waals surface area contributed by atoms with E-state index in [0.717, 1.165) is 52.2 Å². The fourth-order valence-corrected chi connectivity index (χ4v) is 3.75. The minimum atomic E-state index is -0.291. The number of ether oxygens (including phenoxy) is 1. The van der Waals surface area contributed by atoms with Gasteiger partial charge in [0.05, 0.1) is 18.6 Å². The van der Waals surface area contributed by atoms with Gasteiger partial charge >= 0.3 is 0 Å². The number of hydrogen-bond donors (Lipinski definition) is 1. The van der Waals surface area contributed by atoms with Gasteiger partial charge in [-0.1, -0.05) is 0 Å². The minimum absolute atomic E-state index is 0.124. The lowest BCUT2D eigenvalue weighted by molar-refractivity contribution is -0.140. The van der Waals surface area contributed by atoms with Crippen LogP contribution in [0.3, 0.4) is 0 Å². The average molecular weight is 340 g/mol. The topological polar surface area (TPSA) is 79.1 Å². The van der Waals surface area contributed by atoms with E-state index in [0.29, 0.717) is 12.6 Å². The Morgan fingerprint density at radius 3 is 2.62 bits per heavy atom. The van der Waals surface area contributed by atoms with Crippen molar-refractivity contribution in [3.8, 4) is 0 Å². The fourth-order valence-electron chi connectivity index (χ4n) is 3.75. The molecule has 2 aliphatic rings. The Hall–Kier alpha value is -1.18. The van der Waals surface area contributed by atoms with Crippen LogP contribution in [0.2, 0.25) is 0 Å². The maximum atomic E-state index is 12.8. The SMILES string of the molecule is COCCN1CCN([C@H](C)C(=O)N2CCC[C@H](C(N)=O)C2)C[C@H]1C. The molecule has 0 unspecified atom stereocenters. The van der Waals surface area contributed by atoms with E-state index in [9.17, 15) is 9.59 Å². The maximum Gasteiger partial charge on any atom is 0.239 e. The van der Waals surface area contributed by atoms with Gasteiger partial charge in [-0.2, -0.15) is 0 Å². The molecule has 0 aromatic rings. The summed E-state index contributed by atoms with van der Waals surface area (Å²) in [5.74, 6) is -0.362. The molecule has 2 rings (SSSR count). The number of hydrogen-bond acceptors (Lipinski definition) is 5. The summed E-state index contributed by atoms with van der Waals surface area (Å²) in [4.78, 5) is 30.7. The van der Waals surface area contributed by atoms with Crippen LogP contribution in [-0.4, -0.2) is 91.6 Å². The number of nitrogens with two attached hydrogens (primary N) is 1. The second-order valence-electron chi connectivity index (χ2n) is 7.07. The first-order valence-corrected chi connectivity index (χ1v) is 8.99. The first kappa shape index (κ1) is 19.1. The van der Waals surface area contributed by atoms with Gasteiger partial charge in [-0.3, -0.25) is 19.4 Å². The number of carbonyl (C=O) groups is 2. The summed E-state index contributed by atoms with van der Waals surface area (Å²) in [6.45, 7) is 9.76. The Bertz CT molecular complexity index is 446. The summed E-state index contributed by atoms with van der Waals surface area (Å²) in [6.07, 6.45) is 1.65. The highest BCUT2D eigenvalue weighted by molar-refractivity contribution is 5.83. The second-order valence-corrected chi connectivity index (χ2v) is 7.07. The van der Waals surface area contributed by atoms with Crippen molar-refractivity contribution < 1.29 is 14.3 Å². The third-order valence-electron chi connectivity index (χ3n) is 5.42. The Morgan fingerprint density at radius 1 is 1.25 bits per heavy atom. The molecule has 0 saturated carbocycles. The van der Waals surface area contributed by atoms with E-state index in [1.807, 2.05) is 11.8 Å². The van der Waals surface area contributed by atoms with Gasteiger partial charge in [-0.05, 0) is 26.7 Å². The molecular weight excluding hydrogens is 308 g/mol. The standard InChI is InChI=1S/C17H32N4O3/c1-13-11-20(8-7-19(13)9-10-24-3)14(2)17(23)21-6-4-5-15(12-21)16(18)22/h13-15H,4-12H2,1-3H3,(H2,18,22)/t13-,14-,15+/m1/s1. The largest absolute Gasteiger partial charge is 0.383 e. The van der Waals surface area contributed by atoms with Gasteiger partial charge in [0.2, 0.25) is 11.8 Å². The number of likely N-dealkylation sites (tertiary alicyclic amines) is 1. The van der Waals surface area contributed by atoms with E-state index < -0.39 is 0 Å². The van der Waals surface area contributed by atoms with E-state index in [1.54, 1.807) is 7.11 Å². The lowest BCUT2D eigenvalue weighted by atomic mass is 9.97. The van der Waals surface area contributed by atoms with Gasteiger partial charge < -0.3 is 15.4 Å². The molecule has 2 aliphatic heterocycles. The summed E-state index contributed by atoms with van der Waals surface area (Å²) in [5.41, 5.74) is 5.42. The Balaban J connectivity index is 1.88. The van der Waals surface area contributed by atoms with Crippen LogP contribution in [0.15, 0.2) is 0 Å². The number of primary amides is 1. The number of carbonyl (C=O) groups excluding carboxylic acids is 2. The third-order valence-corrected chi connectivity index (χ3v) is 5.42. The molecule has 2 N–H and O–H groups in total. The molecule has 2 saturated heterocycles. The van der Waals surface area contributed by atoms with E-state index in [4.69, 9.17) is 10.5 Å². The van der Waals surface area contributed by atoms with Crippen LogP contribution in [0.1, 0.15) is 26.7 Å². The van der Waals surface area contributed by atoms with Gasteiger partial charge in [0, 0.05) is 52.4 Å². The van der Waals surface area contributed by atoms with Gasteiger partial charge in [0.1, 0.15) is 0 Å². The summed E-state index contributed by atoms with van der Waals surface area (Å²) >= 11 is 0. The Morgan fingerprint density at radius 2 is 2.00 bits per heavy atom. The molecule has 0 spiro atoms. The molecule has 0 radical (unpaired) electrons. The Kier molecular flexibility index (Phi) is 7.01. The summed E-state index contributed by atoms with van der Waals surface area (Å²) < 4.78 is 5.16. The zero-order chi connectivity index (χ0) is 17.7. The van der Waals surface area contributed by atoms with Crippen LogP contribution in [0.25, 0.3) is 0 Å². The van der Waals surface area contributed by atoms with Gasteiger partial charge in [-0.25, -0.2) is 0 Å². The van der Waals surface area contributed by atoms with Gasteiger partial charge in [-0.15, -0.1) is 0 Å². The van der Waals surface area contributed by atoms with Crippen LogP contribution >= 0.6 is 0 Å². The van der Waals surface area contributed by atoms with Crippen LogP contribution in [0.4, 0.5) is 0 Å². The molecule has 24 heavy (non-hydrogen) atoms. The first-order valence-electron chi connectivity index (χ1n) is 8.99. The zero-order valence-electron chi connectivity index (χ0n) is 15.2. The summed E-state index contributed by atoms with van der Waals surface area (Å²) in [6, 6.07) is 0.257. The highest BCUT2D eigenvalue weighted by Crippen LogP contribution is 2.19. The molecule has 0 bridgehead atoms. The van der Waals surface area contributed by atoms with E-state index in [-0.39, 0.29) is 23.8 Å². The molecule has 3 atom stereocenters.